The Morgan fingerprint density at radius 2 is 0.909 bits per heavy atom. The molecule has 0 aliphatic heterocycles. The van der Waals surface area contributed by atoms with Crippen LogP contribution >= 0.6 is 0 Å². The molecule has 0 spiro atoms. The summed E-state index contributed by atoms with van der Waals surface area (Å²) in [4.78, 5) is 23.5. The summed E-state index contributed by atoms with van der Waals surface area (Å²) in [5.41, 5.74) is 0. The van der Waals surface area contributed by atoms with Crippen LogP contribution in [0.1, 0.15) is 213 Å². The summed E-state index contributed by atoms with van der Waals surface area (Å²) in [5, 5.41) is 9.11. The third kappa shape index (κ3) is 34.9. The van der Waals surface area contributed by atoms with Crippen molar-refractivity contribution >= 4 is 11.9 Å². The van der Waals surface area contributed by atoms with E-state index >= 15 is 0 Å². The monoisotopic (exact) mass is 619 g/mol. The third-order valence-electron chi connectivity index (χ3n) is 8.69. The minimum atomic E-state index is -0.812. The molecule has 1 N–H and O–H groups in total. The molecule has 0 aliphatic carbocycles. The second-order valence-electron chi connectivity index (χ2n) is 13.1. The first-order valence-electron chi connectivity index (χ1n) is 19.3. The lowest BCUT2D eigenvalue weighted by atomic mass is 10.0. The van der Waals surface area contributed by atoms with E-state index in [1.165, 1.54) is 141 Å². The fourth-order valence-corrected chi connectivity index (χ4v) is 5.79. The van der Waals surface area contributed by atoms with E-state index in [4.69, 9.17) is 9.84 Å². The maximum atomic E-state index is 12.4. The Balaban J connectivity index is 3.74. The minimum Gasteiger partial charge on any atom is -0.481 e. The standard InChI is InChI=1S/C40H74O4/c1-3-5-7-9-11-13-15-17-19-20-21-23-25-27-29-31-33-35-40(43)44-38(36-37-39(41)42)34-32-30-28-26-24-22-18-16-14-12-10-8-6-4-2/h11,13,17,19,38H,3-10,12,14-16,18,20-37H2,1-2H3,(H,41,42)/b13-11-,19-17-. The van der Waals surface area contributed by atoms with E-state index in [9.17, 15) is 9.59 Å². The number of esters is 1. The molecule has 1 atom stereocenters. The van der Waals surface area contributed by atoms with Gasteiger partial charge >= 0.3 is 11.9 Å². The molecule has 0 rings (SSSR count). The van der Waals surface area contributed by atoms with Gasteiger partial charge in [0.1, 0.15) is 6.10 Å². The zero-order valence-electron chi connectivity index (χ0n) is 29.5. The number of carboxylic acids is 1. The smallest absolute Gasteiger partial charge is 0.306 e. The van der Waals surface area contributed by atoms with Crippen molar-refractivity contribution in [2.24, 2.45) is 0 Å². The number of hydrogen-bond donors (Lipinski definition) is 1. The number of unbranched alkanes of at least 4 members (excludes halogenated alkanes) is 23. The molecule has 0 amide bonds. The van der Waals surface area contributed by atoms with E-state index in [1.807, 2.05) is 0 Å². The van der Waals surface area contributed by atoms with Crippen molar-refractivity contribution in [1.29, 1.82) is 0 Å². The molecule has 0 aromatic heterocycles. The lowest BCUT2D eigenvalue weighted by molar-refractivity contribution is -0.151. The molecule has 1 unspecified atom stereocenters. The fourth-order valence-electron chi connectivity index (χ4n) is 5.79. The highest BCUT2D eigenvalue weighted by atomic mass is 16.5. The van der Waals surface area contributed by atoms with Gasteiger partial charge in [-0.1, -0.05) is 167 Å². The van der Waals surface area contributed by atoms with Crippen molar-refractivity contribution in [2.45, 2.75) is 219 Å². The predicted molar refractivity (Wildman–Crippen MR) is 190 cm³/mol. The zero-order chi connectivity index (χ0) is 32.2. The summed E-state index contributed by atoms with van der Waals surface area (Å²) < 4.78 is 5.73. The number of rotatable bonds is 35. The Bertz CT molecular complexity index is 668. The number of carbonyl (C=O) groups is 2. The molecule has 258 valence electrons. The van der Waals surface area contributed by atoms with Crippen LogP contribution in [0.2, 0.25) is 0 Å². The summed E-state index contributed by atoms with van der Waals surface area (Å²) in [6.45, 7) is 4.52. The molecular weight excluding hydrogens is 544 g/mol. The summed E-state index contributed by atoms with van der Waals surface area (Å²) in [7, 11) is 0. The second-order valence-corrected chi connectivity index (χ2v) is 13.1. The van der Waals surface area contributed by atoms with Crippen LogP contribution < -0.4 is 0 Å². The maximum absolute atomic E-state index is 12.4. The molecule has 0 radical (unpaired) electrons. The maximum Gasteiger partial charge on any atom is 0.306 e. The predicted octanol–water partition coefficient (Wildman–Crippen LogP) is 13.2. The molecule has 0 saturated heterocycles. The van der Waals surface area contributed by atoms with Crippen LogP contribution in [0.15, 0.2) is 24.3 Å². The van der Waals surface area contributed by atoms with Crippen molar-refractivity contribution in [2.75, 3.05) is 0 Å². The summed E-state index contributed by atoms with van der Waals surface area (Å²) >= 11 is 0. The van der Waals surface area contributed by atoms with E-state index in [0.717, 1.165) is 38.5 Å². The van der Waals surface area contributed by atoms with Gasteiger partial charge in [-0.15, -0.1) is 0 Å². The van der Waals surface area contributed by atoms with Crippen molar-refractivity contribution in [3.8, 4) is 0 Å². The minimum absolute atomic E-state index is 0.0719. The van der Waals surface area contributed by atoms with Crippen LogP contribution in [-0.2, 0) is 14.3 Å². The van der Waals surface area contributed by atoms with Gasteiger partial charge in [-0.2, -0.15) is 0 Å². The Kier molecular flexibility index (Phi) is 34.6. The van der Waals surface area contributed by atoms with Gasteiger partial charge in [0, 0.05) is 12.8 Å². The normalized spacial score (nSPS) is 12.4. The molecule has 4 heteroatoms. The second kappa shape index (κ2) is 35.9. The van der Waals surface area contributed by atoms with Gasteiger partial charge in [-0.05, 0) is 57.8 Å². The number of carbonyl (C=O) groups excluding carboxylic acids is 1. The Hall–Kier alpha value is -1.58. The topological polar surface area (TPSA) is 63.6 Å². The van der Waals surface area contributed by atoms with Crippen molar-refractivity contribution < 1.29 is 19.4 Å². The van der Waals surface area contributed by atoms with Gasteiger partial charge in [-0.3, -0.25) is 9.59 Å². The lowest BCUT2D eigenvalue weighted by Gasteiger charge is -2.17. The molecular formula is C40H74O4. The number of allylic oxidation sites excluding steroid dienone is 4. The van der Waals surface area contributed by atoms with Crippen LogP contribution in [0, 0.1) is 0 Å². The molecule has 0 aliphatic rings. The first kappa shape index (κ1) is 42.4. The van der Waals surface area contributed by atoms with Gasteiger partial charge in [0.25, 0.3) is 0 Å². The van der Waals surface area contributed by atoms with E-state index in [1.54, 1.807) is 0 Å². The third-order valence-corrected chi connectivity index (χ3v) is 8.69. The molecule has 0 bridgehead atoms. The van der Waals surface area contributed by atoms with Crippen LogP contribution in [0.25, 0.3) is 0 Å². The number of carboxylic acid groups (broad SMARTS) is 1. The Morgan fingerprint density at radius 3 is 1.41 bits per heavy atom. The van der Waals surface area contributed by atoms with Crippen molar-refractivity contribution in [3.05, 3.63) is 24.3 Å². The summed E-state index contributed by atoms with van der Waals surface area (Å²) in [5.74, 6) is -0.957. The average Bonchev–Trinajstić information content (AvgIpc) is 3.01. The molecule has 0 aromatic rings. The highest BCUT2D eigenvalue weighted by Gasteiger charge is 2.16. The summed E-state index contributed by atoms with van der Waals surface area (Å²) in [6.07, 6.45) is 44.7. The quantitative estimate of drug-likeness (QED) is 0.0436. The lowest BCUT2D eigenvalue weighted by Crippen LogP contribution is -2.19. The first-order chi connectivity index (χ1) is 21.6. The molecule has 44 heavy (non-hydrogen) atoms. The van der Waals surface area contributed by atoms with Crippen LogP contribution in [0.3, 0.4) is 0 Å². The number of ether oxygens (including phenoxy) is 1. The van der Waals surface area contributed by atoms with Crippen LogP contribution in [-0.4, -0.2) is 23.1 Å². The zero-order valence-corrected chi connectivity index (χ0v) is 29.5. The van der Waals surface area contributed by atoms with E-state index in [2.05, 4.69) is 38.2 Å². The van der Waals surface area contributed by atoms with Gasteiger partial charge in [-0.25, -0.2) is 0 Å². The van der Waals surface area contributed by atoms with Crippen molar-refractivity contribution in [3.63, 3.8) is 0 Å². The highest BCUT2D eigenvalue weighted by molar-refractivity contribution is 5.69. The van der Waals surface area contributed by atoms with Gasteiger partial charge in [0.05, 0.1) is 0 Å². The SMILES string of the molecule is CCCCC/C=C\C/C=C\CCCCCCCCCC(=O)OC(CCCCCCCCCCCCCCCC)CCC(=O)O. The van der Waals surface area contributed by atoms with E-state index < -0.39 is 5.97 Å². The van der Waals surface area contributed by atoms with E-state index in [0.29, 0.717) is 12.8 Å². The average molecular weight is 619 g/mol. The number of aliphatic carboxylic acids is 1. The van der Waals surface area contributed by atoms with E-state index in [-0.39, 0.29) is 18.5 Å². The van der Waals surface area contributed by atoms with Gasteiger partial charge in [0.15, 0.2) is 0 Å². The van der Waals surface area contributed by atoms with Gasteiger partial charge < -0.3 is 9.84 Å². The molecule has 0 fully saturated rings. The Morgan fingerprint density at radius 1 is 0.500 bits per heavy atom. The largest absolute Gasteiger partial charge is 0.481 e. The molecule has 0 saturated carbocycles. The van der Waals surface area contributed by atoms with Gasteiger partial charge in [0.2, 0.25) is 0 Å². The fraction of sp³-hybridized carbons (Fsp3) is 0.850. The van der Waals surface area contributed by atoms with Crippen LogP contribution in [0.5, 0.6) is 0 Å². The number of hydrogen-bond acceptors (Lipinski definition) is 3. The summed E-state index contributed by atoms with van der Waals surface area (Å²) in [6, 6.07) is 0. The first-order valence-corrected chi connectivity index (χ1v) is 19.3. The molecule has 0 heterocycles. The van der Waals surface area contributed by atoms with Crippen LogP contribution in [0.4, 0.5) is 0 Å². The van der Waals surface area contributed by atoms with Crippen molar-refractivity contribution in [1.82, 2.24) is 0 Å². The molecule has 4 nitrogen and oxygen atoms in total. The highest BCUT2D eigenvalue weighted by Crippen LogP contribution is 2.18. The molecule has 0 aromatic carbocycles. The Labute approximate surface area is 274 Å².